The van der Waals surface area contributed by atoms with Gasteiger partial charge in [0.15, 0.2) is 0 Å². The zero-order valence-electron chi connectivity index (χ0n) is 10.00. The molecule has 92 valence electrons. The highest BCUT2D eigenvalue weighted by Crippen LogP contribution is 2.22. The number of phenols is 1. The van der Waals surface area contributed by atoms with Crippen molar-refractivity contribution in [2.45, 2.75) is 0 Å². The topological polar surface area (TPSA) is 68.4 Å². The maximum absolute atomic E-state index is 9.19. The minimum Gasteiger partial charge on any atom is -0.508 e. The first-order chi connectivity index (χ1) is 8.69. The lowest BCUT2D eigenvalue weighted by molar-refractivity contribution is 0.413. The van der Waals surface area contributed by atoms with E-state index in [4.69, 9.17) is 10.5 Å². The van der Waals surface area contributed by atoms with Gasteiger partial charge in [0, 0.05) is 17.8 Å². The molecule has 0 aliphatic heterocycles. The van der Waals surface area contributed by atoms with Crippen LogP contribution >= 0.6 is 0 Å². The number of rotatable bonds is 3. The first kappa shape index (κ1) is 12.0. The average Bonchev–Trinajstić information content (AvgIpc) is 2.39. The Kier molecular flexibility index (Phi) is 3.48. The number of anilines is 1. The molecular weight excluding hydrogens is 228 g/mol. The molecule has 1 heterocycles. The Morgan fingerprint density at radius 1 is 1.22 bits per heavy atom. The lowest BCUT2D eigenvalue weighted by Gasteiger charge is -2.04. The monoisotopic (exact) mass is 242 g/mol. The Bertz CT molecular complexity index is 563. The second-order valence-corrected chi connectivity index (χ2v) is 3.78. The van der Waals surface area contributed by atoms with Gasteiger partial charge in [0.2, 0.25) is 0 Å². The third-order valence-electron chi connectivity index (χ3n) is 2.48. The van der Waals surface area contributed by atoms with Crippen LogP contribution in [0.4, 0.5) is 5.82 Å². The number of nitrogens with zero attached hydrogens (tertiary/aromatic N) is 1. The van der Waals surface area contributed by atoms with Crippen molar-refractivity contribution in [2.75, 3.05) is 12.8 Å². The van der Waals surface area contributed by atoms with Crippen LogP contribution in [0.15, 0.2) is 36.5 Å². The summed E-state index contributed by atoms with van der Waals surface area (Å²) in [6.07, 6.45) is 5.46. The van der Waals surface area contributed by atoms with E-state index < -0.39 is 0 Å². The molecule has 0 bridgehead atoms. The van der Waals surface area contributed by atoms with E-state index in [0.717, 1.165) is 11.1 Å². The van der Waals surface area contributed by atoms with Gasteiger partial charge < -0.3 is 15.6 Å². The molecule has 0 spiro atoms. The molecule has 0 unspecified atom stereocenters. The van der Waals surface area contributed by atoms with E-state index in [0.29, 0.717) is 11.6 Å². The molecular formula is C14H14N2O2. The van der Waals surface area contributed by atoms with Crippen LogP contribution in [0.2, 0.25) is 0 Å². The molecule has 0 fully saturated rings. The lowest BCUT2D eigenvalue weighted by atomic mass is 10.1. The van der Waals surface area contributed by atoms with Gasteiger partial charge in [-0.25, -0.2) is 4.98 Å². The summed E-state index contributed by atoms with van der Waals surface area (Å²) < 4.78 is 5.22. The van der Waals surface area contributed by atoms with Gasteiger partial charge in [-0.2, -0.15) is 0 Å². The third kappa shape index (κ3) is 2.79. The summed E-state index contributed by atoms with van der Waals surface area (Å²) >= 11 is 0. The maximum atomic E-state index is 9.19. The summed E-state index contributed by atoms with van der Waals surface area (Å²) in [7, 11) is 1.59. The number of aromatic nitrogens is 1. The largest absolute Gasteiger partial charge is 0.508 e. The van der Waals surface area contributed by atoms with Gasteiger partial charge in [-0.3, -0.25) is 0 Å². The first-order valence-corrected chi connectivity index (χ1v) is 5.45. The first-order valence-electron chi connectivity index (χ1n) is 5.45. The number of ether oxygens (including phenoxy) is 1. The SMILES string of the molecule is COc1cc(N)ncc1/C=C/c1ccc(O)cc1. The standard InChI is InChI=1S/C14H14N2O2/c1-18-13-8-14(15)16-9-11(13)5-2-10-3-6-12(17)7-4-10/h2-9,17H,1H3,(H2,15,16)/b5-2+. The van der Waals surface area contributed by atoms with Crippen molar-refractivity contribution in [2.24, 2.45) is 0 Å². The summed E-state index contributed by atoms with van der Waals surface area (Å²) in [4.78, 5) is 4.02. The van der Waals surface area contributed by atoms with E-state index in [1.807, 2.05) is 24.3 Å². The molecule has 0 radical (unpaired) electrons. The number of nitrogens with two attached hydrogens (primary N) is 1. The van der Waals surface area contributed by atoms with Crippen LogP contribution in [-0.4, -0.2) is 17.2 Å². The van der Waals surface area contributed by atoms with Crippen molar-refractivity contribution in [3.8, 4) is 11.5 Å². The fourth-order valence-corrected chi connectivity index (χ4v) is 1.54. The summed E-state index contributed by atoms with van der Waals surface area (Å²) in [6.45, 7) is 0. The number of methoxy groups -OCH3 is 1. The molecule has 18 heavy (non-hydrogen) atoms. The van der Waals surface area contributed by atoms with Gasteiger partial charge >= 0.3 is 0 Å². The average molecular weight is 242 g/mol. The van der Waals surface area contributed by atoms with Crippen LogP contribution in [0.3, 0.4) is 0 Å². The quantitative estimate of drug-likeness (QED) is 0.867. The molecule has 0 aliphatic carbocycles. The lowest BCUT2D eigenvalue weighted by Crippen LogP contribution is -1.93. The molecule has 0 atom stereocenters. The highest BCUT2D eigenvalue weighted by molar-refractivity contribution is 5.72. The predicted octanol–water partition coefficient (Wildman–Crippen LogP) is 2.55. The summed E-state index contributed by atoms with van der Waals surface area (Å²) in [5.41, 5.74) is 7.41. The predicted molar refractivity (Wildman–Crippen MR) is 72.2 cm³/mol. The second-order valence-electron chi connectivity index (χ2n) is 3.78. The Morgan fingerprint density at radius 2 is 1.94 bits per heavy atom. The van der Waals surface area contributed by atoms with Crippen molar-refractivity contribution in [3.05, 3.63) is 47.7 Å². The van der Waals surface area contributed by atoms with Crippen molar-refractivity contribution in [3.63, 3.8) is 0 Å². The smallest absolute Gasteiger partial charge is 0.131 e. The van der Waals surface area contributed by atoms with Gasteiger partial charge in [-0.15, -0.1) is 0 Å². The van der Waals surface area contributed by atoms with Crippen molar-refractivity contribution in [1.29, 1.82) is 0 Å². The number of hydrogen-bond donors (Lipinski definition) is 2. The van der Waals surface area contributed by atoms with E-state index in [1.165, 1.54) is 0 Å². The highest BCUT2D eigenvalue weighted by atomic mass is 16.5. The molecule has 0 amide bonds. The van der Waals surface area contributed by atoms with Crippen molar-refractivity contribution >= 4 is 18.0 Å². The van der Waals surface area contributed by atoms with Gasteiger partial charge in [-0.05, 0) is 23.8 Å². The number of hydrogen-bond acceptors (Lipinski definition) is 4. The summed E-state index contributed by atoms with van der Waals surface area (Å²) in [5, 5.41) is 9.19. The molecule has 2 rings (SSSR count). The fourth-order valence-electron chi connectivity index (χ4n) is 1.54. The molecule has 1 aromatic carbocycles. The van der Waals surface area contributed by atoms with Crippen molar-refractivity contribution in [1.82, 2.24) is 4.98 Å². The minimum atomic E-state index is 0.249. The molecule has 0 saturated heterocycles. The van der Waals surface area contributed by atoms with Gasteiger partial charge in [0.05, 0.1) is 7.11 Å². The molecule has 4 heteroatoms. The number of benzene rings is 1. The number of nitrogen functional groups attached to an aromatic ring is 1. The third-order valence-corrected chi connectivity index (χ3v) is 2.48. The molecule has 3 N–H and O–H groups in total. The number of pyridine rings is 1. The van der Waals surface area contributed by atoms with Gasteiger partial charge in [0.25, 0.3) is 0 Å². The van der Waals surface area contributed by atoms with E-state index in [9.17, 15) is 5.11 Å². The zero-order valence-corrected chi connectivity index (χ0v) is 10.00. The Labute approximate surface area is 105 Å². The van der Waals surface area contributed by atoms with Crippen LogP contribution in [0.5, 0.6) is 11.5 Å². The zero-order chi connectivity index (χ0) is 13.0. The van der Waals surface area contributed by atoms with Gasteiger partial charge in [0.1, 0.15) is 17.3 Å². The van der Waals surface area contributed by atoms with E-state index in [-0.39, 0.29) is 5.75 Å². The minimum absolute atomic E-state index is 0.249. The number of aromatic hydroxyl groups is 1. The van der Waals surface area contributed by atoms with Crippen LogP contribution in [-0.2, 0) is 0 Å². The summed E-state index contributed by atoms with van der Waals surface area (Å²) in [6, 6.07) is 8.60. The molecule has 4 nitrogen and oxygen atoms in total. The molecule has 1 aromatic heterocycles. The Morgan fingerprint density at radius 3 is 2.61 bits per heavy atom. The fraction of sp³-hybridized carbons (Fsp3) is 0.0714. The second kappa shape index (κ2) is 5.23. The molecule has 2 aromatic rings. The van der Waals surface area contributed by atoms with E-state index >= 15 is 0 Å². The maximum Gasteiger partial charge on any atom is 0.131 e. The Hall–Kier alpha value is -2.49. The van der Waals surface area contributed by atoms with Crippen LogP contribution in [0.1, 0.15) is 11.1 Å². The normalized spacial score (nSPS) is 10.7. The Balaban J connectivity index is 2.25. The van der Waals surface area contributed by atoms with E-state index in [1.54, 1.807) is 31.5 Å². The highest BCUT2D eigenvalue weighted by Gasteiger charge is 2.00. The van der Waals surface area contributed by atoms with Crippen molar-refractivity contribution < 1.29 is 9.84 Å². The van der Waals surface area contributed by atoms with Crippen LogP contribution in [0.25, 0.3) is 12.2 Å². The summed E-state index contributed by atoms with van der Waals surface area (Å²) in [5.74, 6) is 1.35. The molecule has 0 saturated carbocycles. The van der Waals surface area contributed by atoms with E-state index in [2.05, 4.69) is 4.98 Å². The molecule has 0 aliphatic rings. The number of phenolic OH excluding ortho intramolecular Hbond substituents is 1. The van der Waals surface area contributed by atoms with Crippen LogP contribution in [0, 0.1) is 0 Å². The van der Waals surface area contributed by atoms with Crippen LogP contribution < -0.4 is 10.5 Å². The van der Waals surface area contributed by atoms with Gasteiger partial charge in [-0.1, -0.05) is 18.2 Å².